The molecule has 1 N–H and O–H groups in total. The Bertz CT molecular complexity index is 549. The maximum absolute atomic E-state index is 13.3. The van der Waals surface area contributed by atoms with Crippen LogP contribution in [0.2, 0.25) is 0 Å². The molecule has 1 unspecified atom stereocenters. The minimum Gasteiger partial charge on any atom is -0.396 e. The number of aliphatic hydroxyl groups excluding tert-OH is 1. The highest BCUT2D eigenvalue weighted by Gasteiger charge is 2.11. The van der Waals surface area contributed by atoms with Crippen molar-refractivity contribution in [2.45, 2.75) is 12.8 Å². The van der Waals surface area contributed by atoms with E-state index in [4.69, 9.17) is 0 Å². The lowest BCUT2D eigenvalue weighted by atomic mass is 9.93. The van der Waals surface area contributed by atoms with Gasteiger partial charge in [0, 0.05) is 11.1 Å². The molecule has 1 nitrogen and oxygen atoms in total. The molecule has 0 aliphatic carbocycles. The van der Waals surface area contributed by atoms with Crippen molar-refractivity contribution in [2.75, 3.05) is 6.61 Å². The van der Waals surface area contributed by atoms with Crippen LogP contribution in [-0.2, 0) is 12.8 Å². The predicted octanol–water partition coefficient (Wildman–Crippen LogP) is 4.12. The Morgan fingerprint density at radius 3 is 2.15 bits per heavy atom. The average molecular weight is 341 g/mol. The fraction of sp³-hybridized carbons (Fsp3) is 0.250. The maximum Gasteiger partial charge on any atom is 0.124 e. The van der Waals surface area contributed by atoms with Crippen LogP contribution in [0, 0.1) is 17.6 Å². The summed E-state index contributed by atoms with van der Waals surface area (Å²) in [5.74, 6) is -0.592. The van der Waals surface area contributed by atoms with Gasteiger partial charge < -0.3 is 5.11 Å². The molecule has 0 heterocycles. The number of benzene rings is 2. The molecule has 0 spiro atoms. The Hall–Kier alpha value is -1.26. The molecule has 20 heavy (non-hydrogen) atoms. The lowest BCUT2D eigenvalue weighted by Gasteiger charge is -2.14. The summed E-state index contributed by atoms with van der Waals surface area (Å²) in [6, 6.07) is 10.9. The summed E-state index contributed by atoms with van der Waals surface area (Å²) >= 11 is 3.26. The van der Waals surface area contributed by atoms with Crippen molar-refractivity contribution in [3.8, 4) is 0 Å². The van der Waals surface area contributed by atoms with Crippen LogP contribution >= 0.6 is 15.9 Å². The molecule has 1 atom stereocenters. The number of rotatable bonds is 5. The third kappa shape index (κ3) is 4.39. The van der Waals surface area contributed by atoms with Gasteiger partial charge in [0.1, 0.15) is 11.6 Å². The smallest absolute Gasteiger partial charge is 0.124 e. The lowest BCUT2D eigenvalue weighted by Crippen LogP contribution is -2.13. The number of hydrogen-bond donors (Lipinski definition) is 1. The van der Waals surface area contributed by atoms with Gasteiger partial charge in [-0.05, 0) is 60.2 Å². The van der Waals surface area contributed by atoms with Crippen molar-refractivity contribution in [3.63, 3.8) is 0 Å². The second-order valence-corrected chi connectivity index (χ2v) is 5.78. The highest BCUT2D eigenvalue weighted by atomic mass is 79.9. The number of hydrogen-bond acceptors (Lipinski definition) is 1. The zero-order valence-electron chi connectivity index (χ0n) is 10.8. The van der Waals surface area contributed by atoms with E-state index in [1.807, 2.05) is 6.07 Å². The van der Waals surface area contributed by atoms with Gasteiger partial charge in [0.05, 0.1) is 0 Å². The van der Waals surface area contributed by atoms with Gasteiger partial charge in [-0.25, -0.2) is 8.78 Å². The molecule has 0 aromatic heterocycles. The van der Waals surface area contributed by atoms with Crippen LogP contribution in [0.4, 0.5) is 8.78 Å². The molecule has 0 saturated carbocycles. The van der Waals surface area contributed by atoms with E-state index in [-0.39, 0.29) is 24.2 Å². The Morgan fingerprint density at radius 2 is 1.55 bits per heavy atom. The zero-order valence-corrected chi connectivity index (χ0v) is 12.4. The molecule has 4 heteroatoms. The third-order valence-electron chi connectivity index (χ3n) is 3.14. The van der Waals surface area contributed by atoms with E-state index in [9.17, 15) is 13.9 Å². The molecular formula is C16H15BrF2O. The molecule has 106 valence electrons. The molecule has 2 aromatic rings. The summed E-state index contributed by atoms with van der Waals surface area (Å²) in [6.07, 6.45) is 1.20. The van der Waals surface area contributed by atoms with E-state index in [1.165, 1.54) is 24.3 Å². The van der Waals surface area contributed by atoms with Gasteiger partial charge in [-0.15, -0.1) is 0 Å². The fourth-order valence-corrected chi connectivity index (χ4v) is 2.73. The van der Waals surface area contributed by atoms with Gasteiger partial charge in [-0.2, -0.15) is 0 Å². The molecule has 0 amide bonds. The molecule has 0 aliphatic heterocycles. The van der Waals surface area contributed by atoms with Crippen LogP contribution in [0.1, 0.15) is 11.1 Å². The minimum atomic E-state index is -0.298. The van der Waals surface area contributed by atoms with Gasteiger partial charge in [-0.1, -0.05) is 28.1 Å². The summed E-state index contributed by atoms with van der Waals surface area (Å²) in [6.45, 7) is 0.00547. The van der Waals surface area contributed by atoms with Crippen molar-refractivity contribution in [3.05, 3.63) is 69.7 Å². The van der Waals surface area contributed by atoms with Crippen molar-refractivity contribution in [2.24, 2.45) is 5.92 Å². The quantitative estimate of drug-likeness (QED) is 0.867. The van der Waals surface area contributed by atoms with E-state index in [2.05, 4.69) is 15.9 Å². The molecule has 0 saturated heterocycles. The maximum atomic E-state index is 13.3. The molecular weight excluding hydrogens is 326 g/mol. The first-order chi connectivity index (χ1) is 9.56. The standard InChI is InChI=1S/C16H15BrF2O/c17-14-7-12(8-16(19)9-14)6-13(10-20)5-11-1-3-15(18)4-2-11/h1-4,7-9,13,20H,5-6,10H2. The number of halogens is 3. The Kier molecular flexibility index (Phi) is 5.26. The first-order valence-electron chi connectivity index (χ1n) is 6.37. The van der Waals surface area contributed by atoms with Crippen molar-refractivity contribution in [1.29, 1.82) is 0 Å². The van der Waals surface area contributed by atoms with Crippen LogP contribution < -0.4 is 0 Å². The van der Waals surface area contributed by atoms with Crippen molar-refractivity contribution in [1.82, 2.24) is 0 Å². The molecule has 0 fully saturated rings. The van der Waals surface area contributed by atoms with E-state index in [0.29, 0.717) is 17.3 Å². The lowest BCUT2D eigenvalue weighted by molar-refractivity contribution is 0.225. The highest BCUT2D eigenvalue weighted by Crippen LogP contribution is 2.20. The largest absolute Gasteiger partial charge is 0.396 e. The first kappa shape index (κ1) is 15.1. The van der Waals surface area contributed by atoms with Crippen LogP contribution in [0.25, 0.3) is 0 Å². The summed E-state index contributed by atoms with van der Waals surface area (Å²) < 4.78 is 26.9. The topological polar surface area (TPSA) is 20.2 Å². The highest BCUT2D eigenvalue weighted by molar-refractivity contribution is 9.10. The Balaban J connectivity index is 2.06. The average Bonchev–Trinajstić information content (AvgIpc) is 2.39. The van der Waals surface area contributed by atoms with Crippen LogP contribution in [0.3, 0.4) is 0 Å². The van der Waals surface area contributed by atoms with Crippen LogP contribution in [0.15, 0.2) is 46.9 Å². The zero-order chi connectivity index (χ0) is 14.5. The van der Waals surface area contributed by atoms with Gasteiger partial charge in [0.15, 0.2) is 0 Å². The Morgan fingerprint density at radius 1 is 0.900 bits per heavy atom. The summed E-state index contributed by atoms with van der Waals surface area (Å²) in [4.78, 5) is 0. The molecule has 2 aromatic carbocycles. The van der Waals surface area contributed by atoms with Gasteiger partial charge in [-0.3, -0.25) is 0 Å². The number of aliphatic hydroxyl groups is 1. The minimum absolute atomic E-state index is 0.00547. The summed E-state index contributed by atoms with van der Waals surface area (Å²) in [5, 5.41) is 9.46. The van der Waals surface area contributed by atoms with E-state index in [0.717, 1.165) is 11.1 Å². The molecule has 0 radical (unpaired) electrons. The normalized spacial score (nSPS) is 12.4. The van der Waals surface area contributed by atoms with E-state index < -0.39 is 0 Å². The van der Waals surface area contributed by atoms with Gasteiger partial charge in [0.2, 0.25) is 0 Å². The summed E-state index contributed by atoms with van der Waals surface area (Å²) in [7, 11) is 0. The second-order valence-electron chi connectivity index (χ2n) is 4.86. The third-order valence-corrected chi connectivity index (χ3v) is 3.60. The molecule has 0 bridgehead atoms. The van der Waals surface area contributed by atoms with Crippen LogP contribution in [-0.4, -0.2) is 11.7 Å². The van der Waals surface area contributed by atoms with E-state index in [1.54, 1.807) is 12.1 Å². The predicted molar refractivity (Wildman–Crippen MR) is 78.5 cm³/mol. The van der Waals surface area contributed by atoms with Gasteiger partial charge >= 0.3 is 0 Å². The van der Waals surface area contributed by atoms with Crippen LogP contribution in [0.5, 0.6) is 0 Å². The van der Waals surface area contributed by atoms with E-state index >= 15 is 0 Å². The van der Waals surface area contributed by atoms with Crippen molar-refractivity contribution >= 4 is 15.9 Å². The monoisotopic (exact) mass is 340 g/mol. The van der Waals surface area contributed by atoms with Crippen molar-refractivity contribution < 1.29 is 13.9 Å². The molecule has 0 aliphatic rings. The second kappa shape index (κ2) is 6.95. The van der Waals surface area contributed by atoms with Gasteiger partial charge in [0.25, 0.3) is 0 Å². The fourth-order valence-electron chi connectivity index (χ4n) is 2.22. The first-order valence-corrected chi connectivity index (χ1v) is 7.16. The SMILES string of the molecule is OCC(Cc1ccc(F)cc1)Cc1cc(F)cc(Br)c1. The summed E-state index contributed by atoms with van der Waals surface area (Å²) in [5.41, 5.74) is 1.79. The molecule has 2 rings (SSSR count). The Labute approximate surface area is 125 Å².